The molecule has 0 aliphatic carbocycles. The lowest BCUT2D eigenvalue weighted by Gasteiger charge is -2.32. The van der Waals surface area contributed by atoms with Crippen LogP contribution in [-0.2, 0) is 10.0 Å². The van der Waals surface area contributed by atoms with Crippen LogP contribution in [0.4, 0.5) is 0 Å². The molecule has 2 aromatic rings. The Kier molecular flexibility index (Phi) is 5.61. The van der Waals surface area contributed by atoms with Crippen LogP contribution >= 0.6 is 0 Å². The van der Waals surface area contributed by atoms with Crippen molar-refractivity contribution in [3.8, 4) is 5.75 Å². The van der Waals surface area contributed by atoms with E-state index in [2.05, 4.69) is 5.32 Å². The number of piperidine rings is 1. The van der Waals surface area contributed by atoms with Gasteiger partial charge >= 0.3 is 0 Å². The molecule has 0 spiro atoms. The molecule has 0 radical (unpaired) electrons. The summed E-state index contributed by atoms with van der Waals surface area (Å²) >= 11 is 0. The van der Waals surface area contributed by atoms with Crippen LogP contribution in [0.25, 0.3) is 0 Å². The number of sulfonamides is 1. The standard InChI is InChI=1S/C22H26N2O4S/c1-16-7-4-5-13-24(16)29(26,27)18-9-6-8-17(15-18)22(25)23-20-12-14-28-21-11-3-2-10-19(20)21/h2-3,6,8-11,15-16,20H,4-5,7,12-14H2,1H3,(H,23,25)/t16-,20-/m1/s1. The predicted molar refractivity (Wildman–Crippen MR) is 110 cm³/mol. The third-order valence-corrected chi connectivity index (χ3v) is 7.72. The van der Waals surface area contributed by atoms with Crippen molar-refractivity contribution in [3.63, 3.8) is 0 Å². The average molecular weight is 415 g/mol. The predicted octanol–water partition coefficient (Wildman–Crippen LogP) is 3.50. The summed E-state index contributed by atoms with van der Waals surface area (Å²) in [6, 6.07) is 13.8. The lowest BCUT2D eigenvalue weighted by Crippen LogP contribution is -2.42. The van der Waals surface area contributed by atoms with Crippen LogP contribution in [0.3, 0.4) is 0 Å². The maximum Gasteiger partial charge on any atom is 0.251 e. The fraction of sp³-hybridized carbons (Fsp3) is 0.409. The molecule has 2 aromatic carbocycles. The molecular formula is C22H26N2O4S. The summed E-state index contributed by atoms with van der Waals surface area (Å²) in [7, 11) is -3.62. The molecule has 4 rings (SSSR count). The number of amides is 1. The van der Waals surface area contributed by atoms with Gasteiger partial charge in [0.05, 0.1) is 17.5 Å². The van der Waals surface area contributed by atoms with E-state index in [1.54, 1.807) is 22.5 Å². The minimum atomic E-state index is -3.62. The summed E-state index contributed by atoms with van der Waals surface area (Å²) in [5, 5.41) is 3.03. The first-order chi connectivity index (χ1) is 14.0. The van der Waals surface area contributed by atoms with E-state index in [0.29, 0.717) is 25.1 Å². The van der Waals surface area contributed by atoms with Crippen LogP contribution in [0, 0.1) is 0 Å². The van der Waals surface area contributed by atoms with Gasteiger partial charge in [-0.1, -0.05) is 30.7 Å². The number of para-hydroxylation sites is 1. The first kappa shape index (κ1) is 19.9. The molecule has 1 amide bonds. The third-order valence-electron chi connectivity index (χ3n) is 5.71. The zero-order valence-electron chi connectivity index (χ0n) is 16.5. The smallest absolute Gasteiger partial charge is 0.251 e. The van der Waals surface area contributed by atoms with E-state index in [4.69, 9.17) is 4.74 Å². The van der Waals surface area contributed by atoms with Crippen LogP contribution in [0.5, 0.6) is 5.75 Å². The van der Waals surface area contributed by atoms with E-state index in [9.17, 15) is 13.2 Å². The first-order valence-electron chi connectivity index (χ1n) is 10.1. The number of benzene rings is 2. The molecule has 7 heteroatoms. The highest BCUT2D eigenvalue weighted by molar-refractivity contribution is 7.89. The van der Waals surface area contributed by atoms with Crippen molar-refractivity contribution in [3.05, 3.63) is 59.7 Å². The van der Waals surface area contributed by atoms with Gasteiger partial charge in [-0.3, -0.25) is 4.79 Å². The lowest BCUT2D eigenvalue weighted by atomic mass is 10.00. The summed E-state index contributed by atoms with van der Waals surface area (Å²) in [4.78, 5) is 13.1. The van der Waals surface area contributed by atoms with Gasteiger partial charge in [0.1, 0.15) is 5.75 Å². The molecule has 2 aliphatic heterocycles. The van der Waals surface area contributed by atoms with Gasteiger partial charge in [-0.2, -0.15) is 4.31 Å². The van der Waals surface area contributed by atoms with E-state index in [-0.39, 0.29) is 22.9 Å². The fourth-order valence-electron chi connectivity index (χ4n) is 4.10. The number of ether oxygens (including phenoxy) is 1. The summed E-state index contributed by atoms with van der Waals surface area (Å²) < 4.78 is 33.4. The molecular weight excluding hydrogens is 388 g/mol. The summed E-state index contributed by atoms with van der Waals surface area (Å²) in [6.45, 7) is 3.00. The molecule has 2 heterocycles. The van der Waals surface area contributed by atoms with Crippen molar-refractivity contribution in [1.82, 2.24) is 9.62 Å². The van der Waals surface area contributed by atoms with Crippen LogP contribution in [0.2, 0.25) is 0 Å². The Hall–Kier alpha value is -2.38. The fourth-order valence-corrected chi connectivity index (χ4v) is 5.84. The Morgan fingerprint density at radius 1 is 1.10 bits per heavy atom. The number of carbonyl (C=O) groups is 1. The van der Waals surface area contributed by atoms with Gasteiger partial charge in [0, 0.05) is 30.1 Å². The molecule has 0 aromatic heterocycles. The largest absolute Gasteiger partial charge is 0.493 e. The first-order valence-corrected chi connectivity index (χ1v) is 11.6. The second-order valence-electron chi connectivity index (χ2n) is 7.69. The van der Waals surface area contributed by atoms with Gasteiger partial charge in [0.2, 0.25) is 10.0 Å². The number of hydrogen-bond acceptors (Lipinski definition) is 4. The van der Waals surface area contributed by atoms with Gasteiger partial charge in [0.25, 0.3) is 5.91 Å². The van der Waals surface area contributed by atoms with Gasteiger partial charge in [0.15, 0.2) is 0 Å². The van der Waals surface area contributed by atoms with Crippen molar-refractivity contribution >= 4 is 15.9 Å². The number of rotatable bonds is 4. The second kappa shape index (κ2) is 8.16. The molecule has 154 valence electrons. The van der Waals surface area contributed by atoms with Crippen LogP contribution in [-0.4, -0.2) is 37.8 Å². The van der Waals surface area contributed by atoms with Crippen LogP contribution < -0.4 is 10.1 Å². The molecule has 1 saturated heterocycles. The maximum absolute atomic E-state index is 13.1. The molecule has 1 fully saturated rings. The minimum Gasteiger partial charge on any atom is -0.493 e. The molecule has 1 N–H and O–H groups in total. The van der Waals surface area contributed by atoms with Crippen molar-refractivity contribution in [1.29, 1.82) is 0 Å². The van der Waals surface area contributed by atoms with E-state index in [0.717, 1.165) is 30.6 Å². The molecule has 0 bridgehead atoms. The highest BCUT2D eigenvalue weighted by atomic mass is 32.2. The molecule has 0 saturated carbocycles. The van der Waals surface area contributed by atoms with Crippen molar-refractivity contribution < 1.29 is 17.9 Å². The van der Waals surface area contributed by atoms with Crippen molar-refractivity contribution in [2.45, 2.75) is 49.6 Å². The zero-order chi connectivity index (χ0) is 20.4. The Balaban J connectivity index is 1.55. The van der Waals surface area contributed by atoms with Gasteiger partial charge in [-0.25, -0.2) is 8.42 Å². The van der Waals surface area contributed by atoms with E-state index in [1.807, 2.05) is 31.2 Å². The number of nitrogens with one attached hydrogen (secondary N) is 1. The molecule has 2 aliphatic rings. The average Bonchev–Trinajstić information content (AvgIpc) is 2.74. The monoisotopic (exact) mass is 414 g/mol. The third kappa shape index (κ3) is 4.02. The van der Waals surface area contributed by atoms with Crippen molar-refractivity contribution in [2.75, 3.05) is 13.2 Å². The Morgan fingerprint density at radius 2 is 1.93 bits per heavy atom. The van der Waals surface area contributed by atoms with Gasteiger partial charge < -0.3 is 10.1 Å². The maximum atomic E-state index is 13.1. The highest BCUT2D eigenvalue weighted by Gasteiger charge is 2.31. The molecule has 0 unspecified atom stereocenters. The molecule has 29 heavy (non-hydrogen) atoms. The summed E-state index contributed by atoms with van der Waals surface area (Å²) in [5.74, 6) is 0.495. The normalized spacial score (nSPS) is 22.4. The Morgan fingerprint density at radius 3 is 2.76 bits per heavy atom. The summed E-state index contributed by atoms with van der Waals surface area (Å²) in [6.07, 6.45) is 3.45. The van der Waals surface area contributed by atoms with Crippen LogP contribution in [0.15, 0.2) is 53.4 Å². The van der Waals surface area contributed by atoms with Gasteiger partial charge in [-0.15, -0.1) is 0 Å². The highest BCUT2D eigenvalue weighted by Crippen LogP contribution is 2.32. The number of carbonyl (C=O) groups excluding carboxylic acids is 1. The Bertz CT molecular complexity index is 1010. The molecule has 2 atom stereocenters. The molecule has 6 nitrogen and oxygen atoms in total. The lowest BCUT2D eigenvalue weighted by molar-refractivity contribution is 0.0924. The van der Waals surface area contributed by atoms with Crippen LogP contribution in [0.1, 0.15) is 54.6 Å². The topological polar surface area (TPSA) is 75.7 Å². The number of fused-ring (bicyclic) bond motifs is 1. The minimum absolute atomic E-state index is 0.0232. The quantitative estimate of drug-likeness (QED) is 0.831. The SMILES string of the molecule is C[C@@H]1CCCCN1S(=O)(=O)c1cccc(C(=O)N[C@@H]2CCOc3ccccc32)c1. The Labute approximate surface area is 171 Å². The van der Waals surface area contributed by atoms with E-state index >= 15 is 0 Å². The second-order valence-corrected chi connectivity index (χ2v) is 9.58. The number of nitrogens with zero attached hydrogens (tertiary/aromatic N) is 1. The van der Waals surface area contributed by atoms with Crippen molar-refractivity contribution in [2.24, 2.45) is 0 Å². The van der Waals surface area contributed by atoms with E-state index in [1.165, 1.54) is 6.07 Å². The zero-order valence-corrected chi connectivity index (χ0v) is 17.3. The summed E-state index contributed by atoms with van der Waals surface area (Å²) in [5.41, 5.74) is 1.29. The number of hydrogen-bond donors (Lipinski definition) is 1. The van der Waals surface area contributed by atoms with E-state index < -0.39 is 10.0 Å². The van der Waals surface area contributed by atoms with Gasteiger partial charge in [-0.05, 0) is 44.0 Å².